The van der Waals surface area contributed by atoms with Gasteiger partial charge in [-0.25, -0.2) is 4.79 Å². The average molecular weight is 315 g/mol. The molecule has 0 bridgehead atoms. The highest BCUT2D eigenvalue weighted by molar-refractivity contribution is 5.87. The molecule has 0 saturated heterocycles. The van der Waals surface area contributed by atoms with Crippen LogP contribution >= 0.6 is 0 Å². The van der Waals surface area contributed by atoms with Crippen molar-refractivity contribution in [1.82, 2.24) is 9.88 Å². The summed E-state index contributed by atoms with van der Waals surface area (Å²) in [6, 6.07) is 7.58. The standard InChI is InChI=1S/C17H21N3O3/c1-2-23-16(21)10-20-14-6-4-3-5-12(14)13-9-11(19-17(18)22)7-8-15(13)20/h3-6,11H,2,7-10H2,1H3,(H3,18,19,22). The zero-order chi connectivity index (χ0) is 16.4. The van der Waals surface area contributed by atoms with Crippen LogP contribution in [0, 0.1) is 0 Å². The SMILES string of the molecule is CCOC(=O)Cn1c2c(c3ccccc31)CC(NC(N)=O)CC2. The van der Waals surface area contributed by atoms with Gasteiger partial charge in [0.1, 0.15) is 6.54 Å². The first-order valence-electron chi connectivity index (χ1n) is 7.90. The summed E-state index contributed by atoms with van der Waals surface area (Å²) in [5, 5.41) is 3.92. The maximum Gasteiger partial charge on any atom is 0.325 e. The van der Waals surface area contributed by atoms with E-state index in [0.29, 0.717) is 6.61 Å². The topological polar surface area (TPSA) is 86.3 Å². The minimum absolute atomic E-state index is 0.0434. The van der Waals surface area contributed by atoms with E-state index in [2.05, 4.69) is 11.4 Å². The molecule has 0 spiro atoms. The third kappa shape index (κ3) is 3.02. The van der Waals surface area contributed by atoms with E-state index >= 15 is 0 Å². The van der Waals surface area contributed by atoms with Crippen LogP contribution in [0.3, 0.4) is 0 Å². The Morgan fingerprint density at radius 3 is 2.91 bits per heavy atom. The number of nitrogens with one attached hydrogen (secondary N) is 1. The number of para-hydroxylation sites is 1. The van der Waals surface area contributed by atoms with Crippen LogP contribution in [0.15, 0.2) is 24.3 Å². The van der Waals surface area contributed by atoms with Crippen molar-refractivity contribution in [3.63, 3.8) is 0 Å². The van der Waals surface area contributed by atoms with Gasteiger partial charge in [0.25, 0.3) is 0 Å². The normalized spacial score (nSPS) is 16.8. The van der Waals surface area contributed by atoms with Crippen LogP contribution in [0.5, 0.6) is 0 Å². The van der Waals surface area contributed by atoms with Crippen molar-refractivity contribution in [1.29, 1.82) is 0 Å². The van der Waals surface area contributed by atoms with Crippen LogP contribution in [0.2, 0.25) is 0 Å². The fourth-order valence-corrected chi connectivity index (χ4v) is 3.44. The summed E-state index contributed by atoms with van der Waals surface area (Å²) >= 11 is 0. The predicted octanol–water partition coefficient (Wildman–Crippen LogP) is 1.73. The third-order valence-corrected chi connectivity index (χ3v) is 4.31. The summed E-state index contributed by atoms with van der Waals surface area (Å²) < 4.78 is 7.14. The number of carbonyl (C=O) groups excluding carboxylic acids is 2. The first-order valence-corrected chi connectivity index (χ1v) is 7.90. The molecule has 1 aromatic carbocycles. The summed E-state index contributed by atoms with van der Waals surface area (Å²) in [7, 11) is 0. The van der Waals surface area contributed by atoms with E-state index in [9.17, 15) is 9.59 Å². The molecule has 3 N–H and O–H groups in total. The monoisotopic (exact) mass is 315 g/mol. The van der Waals surface area contributed by atoms with Crippen molar-refractivity contribution < 1.29 is 14.3 Å². The van der Waals surface area contributed by atoms with E-state index in [1.165, 1.54) is 5.56 Å². The lowest BCUT2D eigenvalue weighted by Crippen LogP contribution is -2.41. The molecule has 6 heteroatoms. The first-order chi connectivity index (χ1) is 11.1. The molecule has 0 saturated carbocycles. The number of nitrogens with zero attached hydrogens (tertiary/aromatic N) is 1. The van der Waals surface area contributed by atoms with E-state index in [4.69, 9.17) is 10.5 Å². The molecule has 1 atom stereocenters. The lowest BCUT2D eigenvalue weighted by molar-refractivity contribution is -0.143. The molecule has 0 aliphatic heterocycles. The van der Waals surface area contributed by atoms with Gasteiger partial charge in [0, 0.05) is 22.6 Å². The molecule has 1 heterocycles. The van der Waals surface area contributed by atoms with Crippen LogP contribution in [-0.4, -0.2) is 29.2 Å². The number of ether oxygens (including phenoxy) is 1. The second-order valence-corrected chi connectivity index (χ2v) is 5.78. The van der Waals surface area contributed by atoms with Gasteiger partial charge in [0.05, 0.1) is 6.61 Å². The molecule has 23 heavy (non-hydrogen) atoms. The molecule has 3 rings (SSSR count). The Balaban J connectivity index is 1.99. The van der Waals surface area contributed by atoms with Crippen LogP contribution in [-0.2, 0) is 28.9 Å². The van der Waals surface area contributed by atoms with Crippen molar-refractivity contribution >= 4 is 22.9 Å². The van der Waals surface area contributed by atoms with Gasteiger partial charge in [-0.3, -0.25) is 4.79 Å². The van der Waals surface area contributed by atoms with Crippen LogP contribution in [0.4, 0.5) is 4.79 Å². The molecule has 0 fully saturated rings. The molecular formula is C17H21N3O3. The van der Waals surface area contributed by atoms with E-state index in [1.54, 1.807) is 6.92 Å². The van der Waals surface area contributed by atoms with Gasteiger partial charge >= 0.3 is 12.0 Å². The molecule has 6 nitrogen and oxygen atoms in total. The maximum atomic E-state index is 11.9. The zero-order valence-electron chi connectivity index (χ0n) is 13.2. The third-order valence-electron chi connectivity index (χ3n) is 4.31. The van der Waals surface area contributed by atoms with E-state index < -0.39 is 6.03 Å². The Morgan fingerprint density at radius 1 is 1.39 bits per heavy atom. The van der Waals surface area contributed by atoms with Gasteiger partial charge in [-0.1, -0.05) is 18.2 Å². The van der Waals surface area contributed by atoms with Crippen LogP contribution in [0.1, 0.15) is 24.6 Å². The molecular weight excluding hydrogens is 294 g/mol. The second kappa shape index (κ2) is 6.32. The molecule has 1 aliphatic carbocycles. The Hall–Kier alpha value is -2.50. The Morgan fingerprint density at radius 2 is 2.17 bits per heavy atom. The van der Waals surface area contributed by atoms with E-state index in [0.717, 1.165) is 35.9 Å². The molecule has 0 radical (unpaired) electrons. The Kier molecular flexibility index (Phi) is 4.23. The van der Waals surface area contributed by atoms with Gasteiger partial charge in [0.2, 0.25) is 0 Å². The number of esters is 1. The average Bonchev–Trinajstić information content (AvgIpc) is 2.81. The highest BCUT2D eigenvalue weighted by atomic mass is 16.5. The predicted molar refractivity (Wildman–Crippen MR) is 87.1 cm³/mol. The van der Waals surface area contributed by atoms with Gasteiger partial charge in [-0.2, -0.15) is 0 Å². The lowest BCUT2D eigenvalue weighted by atomic mass is 9.91. The number of carbonyl (C=O) groups is 2. The Bertz CT molecular complexity index is 751. The number of urea groups is 1. The first kappa shape index (κ1) is 15.4. The summed E-state index contributed by atoms with van der Waals surface area (Å²) in [5.74, 6) is -0.228. The molecule has 2 aromatic rings. The van der Waals surface area contributed by atoms with Gasteiger partial charge in [-0.15, -0.1) is 0 Å². The highest BCUT2D eigenvalue weighted by Crippen LogP contribution is 2.32. The molecule has 122 valence electrons. The summed E-state index contributed by atoms with van der Waals surface area (Å²) in [6.07, 6.45) is 2.35. The van der Waals surface area contributed by atoms with Crippen molar-refractivity contribution in [2.24, 2.45) is 5.73 Å². The number of aromatic nitrogens is 1. The highest BCUT2D eigenvalue weighted by Gasteiger charge is 2.26. The van der Waals surface area contributed by atoms with E-state index in [-0.39, 0.29) is 18.6 Å². The minimum Gasteiger partial charge on any atom is -0.465 e. The minimum atomic E-state index is -0.492. The van der Waals surface area contributed by atoms with Crippen LogP contribution < -0.4 is 11.1 Å². The molecule has 1 unspecified atom stereocenters. The molecule has 2 amide bonds. The quantitative estimate of drug-likeness (QED) is 0.842. The van der Waals surface area contributed by atoms with Gasteiger partial charge in [-0.05, 0) is 37.8 Å². The van der Waals surface area contributed by atoms with Crippen molar-refractivity contribution in [2.75, 3.05) is 6.61 Å². The van der Waals surface area contributed by atoms with E-state index in [1.807, 2.05) is 22.8 Å². The van der Waals surface area contributed by atoms with Gasteiger partial charge in [0.15, 0.2) is 0 Å². The number of fused-ring (bicyclic) bond motifs is 3. The summed E-state index contributed by atoms with van der Waals surface area (Å²) in [5.41, 5.74) is 8.62. The largest absolute Gasteiger partial charge is 0.465 e. The molecule has 1 aliphatic rings. The fraction of sp³-hybridized carbons (Fsp3) is 0.412. The number of benzene rings is 1. The number of rotatable bonds is 4. The number of nitrogens with two attached hydrogens (primary N) is 1. The number of hydrogen-bond acceptors (Lipinski definition) is 3. The number of hydrogen-bond donors (Lipinski definition) is 2. The smallest absolute Gasteiger partial charge is 0.325 e. The second-order valence-electron chi connectivity index (χ2n) is 5.78. The van der Waals surface area contributed by atoms with Crippen molar-refractivity contribution in [3.8, 4) is 0 Å². The zero-order valence-corrected chi connectivity index (χ0v) is 13.2. The van der Waals surface area contributed by atoms with Crippen molar-refractivity contribution in [3.05, 3.63) is 35.5 Å². The summed E-state index contributed by atoms with van der Waals surface area (Å²) in [6.45, 7) is 2.41. The van der Waals surface area contributed by atoms with Crippen LogP contribution in [0.25, 0.3) is 10.9 Å². The number of amides is 2. The van der Waals surface area contributed by atoms with Crippen molar-refractivity contribution in [2.45, 2.75) is 38.8 Å². The fourth-order valence-electron chi connectivity index (χ4n) is 3.44. The number of primary amides is 1. The summed E-state index contributed by atoms with van der Waals surface area (Å²) in [4.78, 5) is 23.0. The van der Waals surface area contributed by atoms with Gasteiger partial charge < -0.3 is 20.4 Å². The molecule has 1 aromatic heterocycles. The Labute approximate surface area is 134 Å². The maximum absolute atomic E-state index is 11.9. The lowest BCUT2D eigenvalue weighted by Gasteiger charge is -2.24.